The molecule has 0 unspecified atom stereocenters. The third-order valence-electron chi connectivity index (χ3n) is 5.42. The summed E-state index contributed by atoms with van der Waals surface area (Å²) in [5.74, 6) is 0.637. The van der Waals surface area contributed by atoms with Crippen LogP contribution >= 0.6 is 0 Å². The van der Waals surface area contributed by atoms with Gasteiger partial charge in [0.2, 0.25) is 0 Å². The van der Waals surface area contributed by atoms with Crippen molar-refractivity contribution in [3.63, 3.8) is 0 Å². The lowest BCUT2D eigenvalue weighted by atomic mass is 10.1. The van der Waals surface area contributed by atoms with Crippen molar-refractivity contribution in [1.82, 2.24) is 9.88 Å². The summed E-state index contributed by atoms with van der Waals surface area (Å²) in [7, 11) is 0. The number of fused-ring (bicyclic) bond motifs is 1. The number of aromatic nitrogens is 1. The van der Waals surface area contributed by atoms with Crippen molar-refractivity contribution in [3.8, 4) is 17.0 Å². The Balaban J connectivity index is 1.71. The number of pyridine rings is 1. The lowest BCUT2D eigenvalue weighted by Gasteiger charge is -2.35. The maximum atomic E-state index is 14.5. The van der Waals surface area contributed by atoms with Crippen LogP contribution in [0, 0.1) is 5.82 Å². The maximum absolute atomic E-state index is 14.5. The number of halogens is 1. The fourth-order valence-electron chi connectivity index (χ4n) is 3.78. The first kappa shape index (κ1) is 19.6. The van der Waals surface area contributed by atoms with Gasteiger partial charge in [-0.3, -0.25) is 0 Å². The molecule has 0 saturated carbocycles. The number of rotatable bonds is 6. The molecule has 6 heteroatoms. The predicted octanol–water partition coefficient (Wildman–Crippen LogP) is 3.55. The molecule has 1 fully saturated rings. The topological polar surface area (TPSA) is 48.8 Å². The molecule has 1 aromatic heterocycles. The molecule has 1 N–H and O–H groups in total. The van der Waals surface area contributed by atoms with Crippen molar-refractivity contribution in [2.45, 2.75) is 6.92 Å². The van der Waals surface area contributed by atoms with Crippen molar-refractivity contribution in [2.24, 2.45) is 0 Å². The van der Waals surface area contributed by atoms with Crippen molar-refractivity contribution in [1.29, 1.82) is 0 Å². The summed E-state index contributed by atoms with van der Waals surface area (Å²) in [5, 5.41) is 11.1. The Labute approximate surface area is 170 Å². The molecule has 3 aromatic rings. The van der Waals surface area contributed by atoms with E-state index in [1.165, 1.54) is 6.07 Å². The third-order valence-corrected chi connectivity index (χ3v) is 5.42. The normalized spacial score (nSPS) is 15.1. The van der Waals surface area contributed by atoms with Crippen LogP contribution in [0.5, 0.6) is 5.75 Å². The molecular formula is C23H26FN3O2. The lowest BCUT2D eigenvalue weighted by molar-refractivity contribution is 0.196. The molecule has 0 bridgehead atoms. The summed E-state index contributed by atoms with van der Waals surface area (Å²) in [6.07, 6.45) is 0. The third kappa shape index (κ3) is 4.18. The number of aliphatic hydroxyl groups excluding tert-OH is 1. The Morgan fingerprint density at radius 1 is 1.07 bits per heavy atom. The molecule has 152 valence electrons. The molecule has 0 atom stereocenters. The quantitative estimate of drug-likeness (QED) is 0.692. The molecule has 2 heterocycles. The summed E-state index contributed by atoms with van der Waals surface area (Å²) in [5.41, 5.74) is 1.45. The number of likely N-dealkylation sites (N-methyl/N-ethyl adjacent to an activating group) is 1. The second-order valence-corrected chi connectivity index (χ2v) is 7.19. The second kappa shape index (κ2) is 8.76. The zero-order valence-electron chi connectivity index (χ0n) is 16.6. The van der Waals surface area contributed by atoms with E-state index in [4.69, 9.17) is 14.8 Å². The van der Waals surface area contributed by atoms with E-state index in [-0.39, 0.29) is 19.0 Å². The zero-order chi connectivity index (χ0) is 20.2. The van der Waals surface area contributed by atoms with Crippen LogP contribution in [-0.4, -0.2) is 60.9 Å². The van der Waals surface area contributed by atoms with Gasteiger partial charge < -0.3 is 19.6 Å². The first-order valence-electron chi connectivity index (χ1n) is 10.1. The van der Waals surface area contributed by atoms with Crippen LogP contribution in [0.3, 0.4) is 0 Å². The van der Waals surface area contributed by atoms with E-state index in [1.807, 2.05) is 24.3 Å². The molecule has 4 rings (SSSR count). The average Bonchev–Trinajstić information content (AvgIpc) is 2.77. The van der Waals surface area contributed by atoms with Crippen molar-refractivity contribution in [3.05, 3.63) is 54.3 Å². The van der Waals surface area contributed by atoms with E-state index in [0.29, 0.717) is 5.56 Å². The lowest BCUT2D eigenvalue weighted by Crippen LogP contribution is -2.46. The van der Waals surface area contributed by atoms with E-state index in [2.05, 4.69) is 28.9 Å². The van der Waals surface area contributed by atoms with Crippen LogP contribution in [-0.2, 0) is 0 Å². The summed E-state index contributed by atoms with van der Waals surface area (Å²) < 4.78 is 19.7. The minimum atomic E-state index is -0.455. The van der Waals surface area contributed by atoms with Crippen molar-refractivity contribution in [2.75, 3.05) is 50.8 Å². The van der Waals surface area contributed by atoms with E-state index < -0.39 is 5.82 Å². The first-order chi connectivity index (χ1) is 14.2. The average molecular weight is 395 g/mol. The summed E-state index contributed by atoms with van der Waals surface area (Å²) in [4.78, 5) is 9.70. The predicted molar refractivity (Wildman–Crippen MR) is 114 cm³/mol. The Morgan fingerprint density at radius 3 is 2.59 bits per heavy atom. The largest absolute Gasteiger partial charge is 0.488 e. The standard InChI is InChI=1S/C23H26FN3O2/c1-2-26-9-11-27(12-10-26)23-19-6-4-3-5-17(19)16-21(25-23)18-7-8-22(20(24)15-18)29-14-13-28/h3-8,15-16,28H,2,9-14H2,1H3. The fraction of sp³-hybridized carbons (Fsp3) is 0.348. The Kier molecular flexibility index (Phi) is 5.92. The molecule has 1 aliphatic heterocycles. The van der Waals surface area contributed by atoms with Gasteiger partial charge in [-0.25, -0.2) is 9.37 Å². The summed E-state index contributed by atoms with van der Waals surface area (Å²) in [6.45, 7) is 7.05. The Morgan fingerprint density at radius 2 is 1.86 bits per heavy atom. The molecule has 0 spiro atoms. The van der Waals surface area contributed by atoms with Gasteiger partial charge in [-0.05, 0) is 36.2 Å². The molecule has 0 radical (unpaired) electrons. The van der Waals surface area contributed by atoms with Crippen molar-refractivity contribution < 1.29 is 14.2 Å². The monoisotopic (exact) mass is 395 g/mol. The second-order valence-electron chi connectivity index (χ2n) is 7.19. The SMILES string of the molecule is CCN1CCN(c2nc(-c3ccc(OCCO)c(F)c3)cc3ccccc23)CC1. The van der Waals surface area contributed by atoms with Crippen LogP contribution in [0.4, 0.5) is 10.2 Å². The van der Waals surface area contributed by atoms with Gasteiger partial charge in [0.15, 0.2) is 11.6 Å². The van der Waals surface area contributed by atoms with Gasteiger partial charge in [0.05, 0.1) is 12.3 Å². The number of anilines is 1. The number of hydrogen-bond donors (Lipinski definition) is 1. The van der Waals surface area contributed by atoms with Gasteiger partial charge >= 0.3 is 0 Å². The molecule has 5 nitrogen and oxygen atoms in total. The van der Waals surface area contributed by atoms with Gasteiger partial charge in [-0.15, -0.1) is 0 Å². The zero-order valence-corrected chi connectivity index (χ0v) is 16.6. The number of piperazine rings is 1. The molecular weight excluding hydrogens is 369 g/mol. The van der Waals surface area contributed by atoms with Crippen LogP contribution in [0.15, 0.2) is 48.5 Å². The highest BCUT2D eigenvalue weighted by atomic mass is 19.1. The highest BCUT2D eigenvalue weighted by Crippen LogP contribution is 2.32. The molecule has 0 amide bonds. The Bertz CT molecular complexity index is 987. The minimum Gasteiger partial charge on any atom is -0.488 e. The molecule has 29 heavy (non-hydrogen) atoms. The minimum absolute atomic E-state index is 0.0678. The summed E-state index contributed by atoms with van der Waals surface area (Å²) in [6, 6.07) is 15.1. The van der Waals surface area contributed by atoms with E-state index in [0.717, 1.165) is 55.0 Å². The maximum Gasteiger partial charge on any atom is 0.165 e. The van der Waals surface area contributed by atoms with E-state index in [9.17, 15) is 4.39 Å². The van der Waals surface area contributed by atoms with Crippen LogP contribution in [0.1, 0.15) is 6.92 Å². The highest BCUT2D eigenvalue weighted by molar-refractivity contribution is 5.95. The van der Waals surface area contributed by atoms with E-state index in [1.54, 1.807) is 6.07 Å². The molecule has 1 saturated heterocycles. The fourth-order valence-corrected chi connectivity index (χ4v) is 3.78. The Hall–Kier alpha value is -2.70. The van der Waals surface area contributed by atoms with Crippen molar-refractivity contribution >= 4 is 16.6 Å². The summed E-state index contributed by atoms with van der Waals surface area (Å²) >= 11 is 0. The smallest absolute Gasteiger partial charge is 0.165 e. The van der Waals surface area contributed by atoms with Gasteiger partial charge in [-0.2, -0.15) is 0 Å². The number of aliphatic hydroxyl groups is 1. The van der Waals surface area contributed by atoms with Crippen LogP contribution in [0.2, 0.25) is 0 Å². The number of nitrogens with zero attached hydrogens (tertiary/aromatic N) is 3. The van der Waals surface area contributed by atoms with Gasteiger partial charge in [0.1, 0.15) is 12.4 Å². The molecule has 2 aromatic carbocycles. The van der Waals surface area contributed by atoms with Gasteiger partial charge in [-0.1, -0.05) is 31.2 Å². The van der Waals surface area contributed by atoms with Gasteiger partial charge in [0, 0.05) is 37.1 Å². The van der Waals surface area contributed by atoms with Gasteiger partial charge in [0.25, 0.3) is 0 Å². The number of hydrogen-bond acceptors (Lipinski definition) is 5. The molecule has 1 aliphatic rings. The highest BCUT2D eigenvalue weighted by Gasteiger charge is 2.20. The van der Waals surface area contributed by atoms with Crippen LogP contribution < -0.4 is 9.64 Å². The molecule has 0 aliphatic carbocycles. The van der Waals surface area contributed by atoms with Crippen LogP contribution in [0.25, 0.3) is 22.0 Å². The van der Waals surface area contributed by atoms with E-state index >= 15 is 0 Å². The first-order valence-corrected chi connectivity index (χ1v) is 10.1. The number of ether oxygens (including phenoxy) is 1. The number of benzene rings is 2.